The highest BCUT2D eigenvalue weighted by Crippen LogP contribution is 2.11. The number of amides is 1. The number of hydrogen-bond acceptors (Lipinski definition) is 1. The van der Waals surface area contributed by atoms with Gasteiger partial charge in [-0.15, -0.1) is 11.6 Å². The quantitative estimate of drug-likeness (QED) is 0.724. The van der Waals surface area contributed by atoms with Crippen molar-refractivity contribution in [2.45, 2.75) is 20.4 Å². The Bertz CT molecular complexity index is 363. The average Bonchev–Trinajstić information content (AvgIpc) is 2.22. The summed E-state index contributed by atoms with van der Waals surface area (Å²) in [7, 11) is 1.76. The third-order valence-electron chi connectivity index (χ3n) is 2.53. The van der Waals surface area contributed by atoms with Crippen molar-refractivity contribution in [1.29, 1.82) is 0 Å². The lowest BCUT2D eigenvalue weighted by Gasteiger charge is -2.16. The molecule has 3 heteroatoms. The summed E-state index contributed by atoms with van der Waals surface area (Å²) in [5.74, 6) is -0.00339. The van der Waals surface area contributed by atoms with Crippen molar-refractivity contribution in [2.24, 2.45) is 0 Å². The number of aryl methyl sites for hydroxylation is 2. The van der Waals surface area contributed by atoms with Crippen LogP contribution in [0.2, 0.25) is 0 Å². The molecule has 0 unspecified atom stereocenters. The zero-order chi connectivity index (χ0) is 11.4. The van der Waals surface area contributed by atoms with E-state index in [1.165, 1.54) is 11.1 Å². The average molecular weight is 226 g/mol. The number of halogens is 1. The van der Waals surface area contributed by atoms with E-state index in [0.717, 1.165) is 5.56 Å². The van der Waals surface area contributed by atoms with Crippen molar-refractivity contribution in [1.82, 2.24) is 4.90 Å². The third-order valence-corrected chi connectivity index (χ3v) is 2.76. The molecular weight excluding hydrogens is 210 g/mol. The molecule has 1 aromatic carbocycles. The molecule has 0 aromatic heterocycles. The van der Waals surface area contributed by atoms with Crippen LogP contribution in [0.5, 0.6) is 0 Å². The number of carbonyl (C=O) groups excluding carboxylic acids is 1. The molecule has 0 bridgehead atoms. The summed E-state index contributed by atoms with van der Waals surface area (Å²) in [4.78, 5) is 12.9. The van der Waals surface area contributed by atoms with E-state index in [2.05, 4.69) is 26.0 Å². The first-order valence-electron chi connectivity index (χ1n) is 4.90. The molecule has 0 saturated carbocycles. The second-order valence-corrected chi connectivity index (χ2v) is 4.07. The number of rotatable bonds is 3. The maximum absolute atomic E-state index is 11.3. The van der Waals surface area contributed by atoms with Gasteiger partial charge in [0.1, 0.15) is 5.88 Å². The summed E-state index contributed by atoms with van der Waals surface area (Å²) >= 11 is 5.48. The fourth-order valence-corrected chi connectivity index (χ4v) is 1.57. The van der Waals surface area contributed by atoms with Crippen LogP contribution in [0.15, 0.2) is 18.2 Å². The van der Waals surface area contributed by atoms with E-state index >= 15 is 0 Å². The van der Waals surface area contributed by atoms with E-state index in [0.29, 0.717) is 6.54 Å². The number of benzene rings is 1. The van der Waals surface area contributed by atoms with Gasteiger partial charge in [-0.3, -0.25) is 4.79 Å². The molecule has 0 aliphatic carbocycles. The van der Waals surface area contributed by atoms with Crippen LogP contribution in [0.3, 0.4) is 0 Å². The van der Waals surface area contributed by atoms with Crippen molar-refractivity contribution in [3.63, 3.8) is 0 Å². The first-order chi connectivity index (χ1) is 7.04. The van der Waals surface area contributed by atoms with Gasteiger partial charge >= 0.3 is 0 Å². The Morgan fingerprint density at radius 3 is 2.53 bits per heavy atom. The summed E-state index contributed by atoms with van der Waals surface area (Å²) in [5, 5.41) is 0. The Labute approximate surface area is 95.8 Å². The van der Waals surface area contributed by atoms with Crippen molar-refractivity contribution in [3.05, 3.63) is 34.9 Å². The number of nitrogens with zero attached hydrogens (tertiary/aromatic N) is 1. The largest absolute Gasteiger partial charge is 0.340 e. The lowest BCUT2D eigenvalue weighted by atomic mass is 10.1. The van der Waals surface area contributed by atoms with E-state index in [4.69, 9.17) is 11.6 Å². The minimum atomic E-state index is -0.0464. The molecule has 1 amide bonds. The predicted octanol–water partition coefficient (Wildman–Crippen LogP) is 2.50. The number of hydrogen-bond donors (Lipinski definition) is 0. The van der Waals surface area contributed by atoms with Gasteiger partial charge in [-0.1, -0.05) is 18.2 Å². The first kappa shape index (κ1) is 12.1. The van der Waals surface area contributed by atoms with Crippen LogP contribution in [-0.4, -0.2) is 23.7 Å². The van der Waals surface area contributed by atoms with Crippen LogP contribution in [0.1, 0.15) is 16.7 Å². The van der Waals surface area contributed by atoms with Crippen LogP contribution in [0.25, 0.3) is 0 Å². The summed E-state index contributed by atoms with van der Waals surface area (Å²) in [6, 6.07) is 6.22. The topological polar surface area (TPSA) is 20.3 Å². The van der Waals surface area contributed by atoms with Gasteiger partial charge in [0.05, 0.1) is 0 Å². The van der Waals surface area contributed by atoms with Crippen molar-refractivity contribution in [2.75, 3.05) is 12.9 Å². The van der Waals surface area contributed by atoms with E-state index in [1.807, 2.05) is 6.07 Å². The second-order valence-electron chi connectivity index (χ2n) is 3.80. The minimum absolute atomic E-state index is 0.0430. The van der Waals surface area contributed by atoms with Crippen molar-refractivity contribution < 1.29 is 4.79 Å². The Hall–Kier alpha value is -1.02. The van der Waals surface area contributed by atoms with Crippen molar-refractivity contribution >= 4 is 17.5 Å². The fraction of sp³-hybridized carbons (Fsp3) is 0.417. The zero-order valence-electron chi connectivity index (χ0n) is 9.38. The highest BCUT2D eigenvalue weighted by Gasteiger charge is 2.07. The van der Waals surface area contributed by atoms with E-state index in [-0.39, 0.29) is 11.8 Å². The number of alkyl halides is 1. The minimum Gasteiger partial charge on any atom is -0.340 e. The van der Waals surface area contributed by atoms with Gasteiger partial charge in [0.15, 0.2) is 0 Å². The third kappa shape index (κ3) is 3.24. The van der Waals surface area contributed by atoms with Gasteiger partial charge in [0.25, 0.3) is 0 Å². The highest BCUT2D eigenvalue weighted by atomic mass is 35.5. The molecule has 15 heavy (non-hydrogen) atoms. The summed E-state index contributed by atoms with van der Waals surface area (Å²) in [5.41, 5.74) is 3.66. The summed E-state index contributed by atoms with van der Waals surface area (Å²) < 4.78 is 0. The van der Waals surface area contributed by atoms with E-state index < -0.39 is 0 Å². The molecule has 0 atom stereocenters. The molecule has 0 aliphatic heterocycles. The van der Waals surface area contributed by atoms with Gasteiger partial charge in [0.2, 0.25) is 5.91 Å². The van der Waals surface area contributed by atoms with Gasteiger partial charge < -0.3 is 4.90 Å². The van der Waals surface area contributed by atoms with E-state index in [9.17, 15) is 4.79 Å². The molecular formula is C12H16ClNO. The molecule has 0 heterocycles. The summed E-state index contributed by atoms with van der Waals surface area (Å²) in [6.45, 7) is 4.77. The predicted molar refractivity (Wildman–Crippen MR) is 63.1 cm³/mol. The Morgan fingerprint density at radius 1 is 1.33 bits per heavy atom. The molecule has 2 nitrogen and oxygen atoms in total. The molecule has 0 N–H and O–H groups in total. The maximum atomic E-state index is 11.3. The van der Waals surface area contributed by atoms with Crippen LogP contribution in [0.4, 0.5) is 0 Å². The van der Waals surface area contributed by atoms with Crippen molar-refractivity contribution in [3.8, 4) is 0 Å². The van der Waals surface area contributed by atoms with Gasteiger partial charge in [-0.05, 0) is 30.5 Å². The second kappa shape index (κ2) is 5.17. The van der Waals surface area contributed by atoms with E-state index in [1.54, 1.807) is 11.9 Å². The Morgan fingerprint density at radius 2 is 2.00 bits per heavy atom. The maximum Gasteiger partial charge on any atom is 0.237 e. The molecule has 0 saturated heterocycles. The standard InChI is InChI=1S/C12H16ClNO/c1-9-4-5-11(6-10(9)2)8-14(3)12(15)7-13/h4-6H,7-8H2,1-3H3. The fourth-order valence-electron chi connectivity index (χ4n) is 1.37. The Balaban J connectivity index is 2.73. The summed E-state index contributed by atoms with van der Waals surface area (Å²) in [6.07, 6.45) is 0. The van der Waals surface area contributed by atoms with Crippen LogP contribution < -0.4 is 0 Å². The van der Waals surface area contributed by atoms with Gasteiger partial charge in [-0.2, -0.15) is 0 Å². The molecule has 0 radical (unpaired) electrons. The van der Waals surface area contributed by atoms with Crippen LogP contribution in [-0.2, 0) is 11.3 Å². The Kier molecular flexibility index (Phi) is 4.15. The number of carbonyl (C=O) groups is 1. The molecule has 0 spiro atoms. The molecule has 0 aliphatic rings. The molecule has 0 fully saturated rings. The first-order valence-corrected chi connectivity index (χ1v) is 5.44. The molecule has 1 aromatic rings. The van der Waals surface area contributed by atoms with Crippen LogP contribution in [0, 0.1) is 13.8 Å². The smallest absolute Gasteiger partial charge is 0.237 e. The normalized spacial score (nSPS) is 10.1. The zero-order valence-corrected chi connectivity index (χ0v) is 10.1. The van der Waals surface area contributed by atoms with Gasteiger partial charge in [-0.25, -0.2) is 0 Å². The highest BCUT2D eigenvalue weighted by molar-refractivity contribution is 6.27. The lowest BCUT2D eigenvalue weighted by molar-refractivity contribution is -0.127. The lowest BCUT2D eigenvalue weighted by Crippen LogP contribution is -2.27. The molecule has 1 rings (SSSR count). The van der Waals surface area contributed by atoms with Gasteiger partial charge in [0, 0.05) is 13.6 Å². The molecule has 82 valence electrons. The van der Waals surface area contributed by atoms with Crippen LogP contribution >= 0.6 is 11.6 Å². The monoisotopic (exact) mass is 225 g/mol. The SMILES string of the molecule is Cc1ccc(CN(C)C(=O)CCl)cc1C.